The van der Waals surface area contributed by atoms with Crippen molar-refractivity contribution in [3.63, 3.8) is 0 Å². The standard InChI is InChI=1S/C8H6N3OS/c12-8(1-2-8)7-9-3-5-6(11-7)10-4-13-5/h3,12H,1-2H2. The van der Waals surface area contributed by atoms with E-state index in [-0.39, 0.29) is 0 Å². The molecular weight excluding hydrogens is 186 g/mol. The number of hydrogen-bond donors (Lipinski definition) is 1. The Labute approximate surface area is 78.3 Å². The molecule has 1 aliphatic carbocycles. The topological polar surface area (TPSA) is 58.9 Å². The van der Waals surface area contributed by atoms with Gasteiger partial charge in [-0.1, -0.05) is 0 Å². The van der Waals surface area contributed by atoms with Crippen molar-refractivity contribution in [2.45, 2.75) is 18.4 Å². The van der Waals surface area contributed by atoms with Gasteiger partial charge in [-0.2, -0.15) is 0 Å². The van der Waals surface area contributed by atoms with Gasteiger partial charge in [-0.05, 0) is 12.8 Å². The molecule has 1 saturated carbocycles. The number of fused-ring (bicyclic) bond motifs is 1. The van der Waals surface area contributed by atoms with Crippen LogP contribution in [0.1, 0.15) is 18.7 Å². The molecule has 4 nitrogen and oxygen atoms in total. The minimum atomic E-state index is -0.766. The molecule has 1 N–H and O–H groups in total. The van der Waals surface area contributed by atoms with Crippen LogP contribution in [0.2, 0.25) is 0 Å². The van der Waals surface area contributed by atoms with Gasteiger partial charge in [0, 0.05) is 0 Å². The second-order valence-corrected chi connectivity index (χ2v) is 4.04. The minimum absolute atomic E-state index is 0.499. The van der Waals surface area contributed by atoms with Crippen molar-refractivity contribution >= 4 is 21.7 Å². The summed E-state index contributed by atoms with van der Waals surface area (Å²) >= 11 is 1.38. The van der Waals surface area contributed by atoms with E-state index in [2.05, 4.69) is 20.5 Å². The number of aliphatic hydroxyl groups is 1. The Morgan fingerprint density at radius 2 is 2.38 bits per heavy atom. The van der Waals surface area contributed by atoms with Crippen molar-refractivity contribution in [1.29, 1.82) is 0 Å². The molecule has 2 heterocycles. The molecule has 65 valence electrons. The maximum absolute atomic E-state index is 9.74. The largest absolute Gasteiger partial charge is 0.382 e. The van der Waals surface area contributed by atoms with Gasteiger partial charge in [-0.25, -0.2) is 15.0 Å². The Bertz CT molecular complexity index is 463. The molecule has 2 aromatic heterocycles. The third-order valence-corrected chi connectivity index (χ3v) is 2.87. The number of thiazole rings is 1. The van der Waals surface area contributed by atoms with Crippen molar-refractivity contribution < 1.29 is 5.11 Å². The van der Waals surface area contributed by atoms with Crippen LogP contribution in [0.5, 0.6) is 0 Å². The lowest BCUT2D eigenvalue weighted by Crippen LogP contribution is -2.09. The molecule has 0 unspecified atom stereocenters. The number of hydrogen-bond acceptors (Lipinski definition) is 5. The smallest absolute Gasteiger partial charge is 0.174 e. The molecule has 0 spiro atoms. The highest BCUT2D eigenvalue weighted by molar-refractivity contribution is 7.16. The van der Waals surface area contributed by atoms with E-state index in [9.17, 15) is 5.11 Å². The maximum Gasteiger partial charge on any atom is 0.174 e. The summed E-state index contributed by atoms with van der Waals surface area (Å²) in [6, 6.07) is 0. The molecule has 1 aliphatic rings. The normalized spacial score (nSPS) is 19.2. The summed E-state index contributed by atoms with van der Waals surface area (Å²) < 4.78 is 0.910. The van der Waals surface area contributed by atoms with Gasteiger partial charge >= 0.3 is 0 Å². The first-order chi connectivity index (χ1) is 6.28. The third-order valence-electron chi connectivity index (χ3n) is 2.18. The molecule has 1 radical (unpaired) electrons. The van der Waals surface area contributed by atoms with Crippen molar-refractivity contribution in [1.82, 2.24) is 15.0 Å². The number of rotatable bonds is 1. The fraction of sp³-hybridized carbons (Fsp3) is 0.375. The fourth-order valence-electron chi connectivity index (χ4n) is 1.20. The lowest BCUT2D eigenvalue weighted by molar-refractivity contribution is 0.141. The molecule has 3 rings (SSSR count). The van der Waals surface area contributed by atoms with Crippen LogP contribution in [0, 0.1) is 5.51 Å². The Hall–Kier alpha value is -1.07. The van der Waals surface area contributed by atoms with E-state index in [1.807, 2.05) is 0 Å². The monoisotopic (exact) mass is 192 g/mol. The first-order valence-electron chi connectivity index (χ1n) is 4.00. The van der Waals surface area contributed by atoms with E-state index in [0.717, 1.165) is 17.5 Å². The molecule has 0 saturated heterocycles. The molecule has 0 atom stereocenters. The molecule has 0 bridgehead atoms. The SMILES string of the molecule is OC1(c2ncc3s[c]nc3n2)CC1. The average Bonchev–Trinajstić information content (AvgIpc) is 2.74. The minimum Gasteiger partial charge on any atom is -0.382 e. The Morgan fingerprint density at radius 3 is 3.15 bits per heavy atom. The van der Waals surface area contributed by atoms with Crippen LogP contribution in [-0.4, -0.2) is 20.1 Å². The highest BCUT2D eigenvalue weighted by atomic mass is 32.1. The van der Waals surface area contributed by atoms with Crippen molar-refractivity contribution in [3.05, 3.63) is 17.5 Å². The van der Waals surface area contributed by atoms with Crippen molar-refractivity contribution in [2.24, 2.45) is 0 Å². The van der Waals surface area contributed by atoms with Gasteiger partial charge in [0.1, 0.15) is 5.60 Å². The number of aromatic nitrogens is 3. The van der Waals surface area contributed by atoms with Gasteiger partial charge in [0.25, 0.3) is 0 Å². The first kappa shape index (κ1) is 7.34. The summed E-state index contributed by atoms with van der Waals surface area (Å²) in [5.74, 6) is 0.499. The highest BCUT2D eigenvalue weighted by Crippen LogP contribution is 2.43. The maximum atomic E-state index is 9.74. The molecular formula is C8H6N3OS. The molecule has 13 heavy (non-hydrogen) atoms. The molecule has 0 aromatic carbocycles. The fourth-order valence-corrected chi connectivity index (χ4v) is 1.71. The van der Waals surface area contributed by atoms with E-state index in [1.54, 1.807) is 6.20 Å². The molecule has 1 fully saturated rings. The quantitative estimate of drug-likeness (QED) is 0.728. The van der Waals surface area contributed by atoms with Crippen LogP contribution < -0.4 is 0 Å². The van der Waals surface area contributed by atoms with Crippen molar-refractivity contribution in [2.75, 3.05) is 0 Å². The van der Waals surface area contributed by atoms with Gasteiger partial charge in [0.2, 0.25) is 0 Å². The Balaban J connectivity index is 2.20. The van der Waals surface area contributed by atoms with Gasteiger partial charge < -0.3 is 5.11 Å². The van der Waals surface area contributed by atoms with E-state index >= 15 is 0 Å². The Kier molecular flexibility index (Phi) is 1.27. The van der Waals surface area contributed by atoms with Crippen LogP contribution in [0.15, 0.2) is 6.20 Å². The zero-order valence-electron chi connectivity index (χ0n) is 6.69. The summed E-state index contributed by atoms with van der Waals surface area (Å²) in [5.41, 5.74) is 2.61. The predicted molar refractivity (Wildman–Crippen MR) is 47.2 cm³/mol. The predicted octanol–water partition coefficient (Wildman–Crippen LogP) is 0.868. The summed E-state index contributed by atoms with van der Waals surface area (Å²) in [6.45, 7) is 0. The lowest BCUT2D eigenvalue weighted by atomic mass is 10.3. The van der Waals surface area contributed by atoms with E-state index in [4.69, 9.17) is 0 Å². The van der Waals surface area contributed by atoms with Crippen LogP contribution >= 0.6 is 11.3 Å². The zero-order valence-corrected chi connectivity index (χ0v) is 7.51. The van der Waals surface area contributed by atoms with Gasteiger partial charge in [0.15, 0.2) is 17.0 Å². The van der Waals surface area contributed by atoms with Crippen LogP contribution in [0.4, 0.5) is 0 Å². The molecule has 5 heteroatoms. The van der Waals surface area contributed by atoms with E-state index < -0.39 is 5.60 Å². The lowest BCUT2D eigenvalue weighted by Gasteiger charge is -2.03. The summed E-state index contributed by atoms with van der Waals surface area (Å²) in [4.78, 5) is 12.2. The van der Waals surface area contributed by atoms with Gasteiger partial charge in [0.05, 0.1) is 10.9 Å². The second-order valence-electron chi connectivity index (χ2n) is 3.22. The number of nitrogens with zero attached hydrogens (tertiary/aromatic N) is 3. The van der Waals surface area contributed by atoms with E-state index in [0.29, 0.717) is 11.5 Å². The molecule has 2 aromatic rings. The summed E-state index contributed by atoms with van der Waals surface area (Å²) in [5, 5.41) is 9.74. The summed E-state index contributed by atoms with van der Waals surface area (Å²) in [6.07, 6.45) is 3.21. The van der Waals surface area contributed by atoms with Gasteiger partial charge in [-0.3, -0.25) is 0 Å². The second kappa shape index (κ2) is 2.24. The first-order valence-corrected chi connectivity index (χ1v) is 4.82. The highest BCUT2D eigenvalue weighted by Gasteiger charge is 2.45. The molecule has 0 amide bonds. The average molecular weight is 192 g/mol. The van der Waals surface area contributed by atoms with E-state index in [1.165, 1.54) is 11.3 Å². The summed E-state index contributed by atoms with van der Waals surface area (Å²) in [7, 11) is 0. The van der Waals surface area contributed by atoms with Crippen LogP contribution in [-0.2, 0) is 5.60 Å². The molecule has 0 aliphatic heterocycles. The third kappa shape index (κ3) is 1.04. The van der Waals surface area contributed by atoms with Crippen LogP contribution in [0.3, 0.4) is 0 Å². The van der Waals surface area contributed by atoms with Crippen LogP contribution in [0.25, 0.3) is 10.3 Å². The Morgan fingerprint density at radius 1 is 1.54 bits per heavy atom. The zero-order chi connectivity index (χ0) is 8.89. The van der Waals surface area contributed by atoms with Crippen molar-refractivity contribution in [3.8, 4) is 0 Å². The van der Waals surface area contributed by atoms with Gasteiger partial charge in [-0.15, -0.1) is 11.3 Å².